The van der Waals surface area contributed by atoms with Crippen LogP contribution in [0.5, 0.6) is 0 Å². The van der Waals surface area contributed by atoms with Gasteiger partial charge >= 0.3 is 53.1 Å². The van der Waals surface area contributed by atoms with Gasteiger partial charge in [-0.15, -0.1) is 26.1 Å². The van der Waals surface area contributed by atoms with E-state index in [0.717, 1.165) is 6.42 Å². The first-order valence-electron chi connectivity index (χ1n) is 8.62. The van der Waals surface area contributed by atoms with E-state index in [1.54, 1.807) is 0 Å². The SMILES string of the molecule is CC(C)C[NH-].CC(C)C[NH-].CC(C)C[NH-].[C-]1=CC=CC1.[CH3][GeH][CH3].[Zr+4]. The molecule has 0 bridgehead atoms. The van der Waals surface area contributed by atoms with Gasteiger partial charge in [-0.05, 0) is 0 Å². The summed E-state index contributed by atoms with van der Waals surface area (Å²) in [6, 6.07) is 0. The average Bonchev–Trinajstić information content (AvgIpc) is 3.08. The summed E-state index contributed by atoms with van der Waals surface area (Å²) < 4.78 is 0. The molecule has 0 atom stereocenters. The van der Waals surface area contributed by atoms with Crippen molar-refractivity contribution in [1.82, 2.24) is 0 Å². The van der Waals surface area contributed by atoms with E-state index in [9.17, 15) is 0 Å². The quantitative estimate of drug-likeness (QED) is 0.314. The predicted octanol–water partition coefficient (Wildman–Crippen LogP) is 6.91. The molecule has 1 rings (SSSR count). The molecule has 1 aliphatic carbocycles. The molecule has 1 aliphatic rings. The molecule has 0 spiro atoms. The van der Waals surface area contributed by atoms with Gasteiger partial charge in [0.1, 0.15) is 0 Å². The van der Waals surface area contributed by atoms with Crippen LogP contribution < -0.4 is 0 Å². The van der Waals surface area contributed by atoms with Crippen molar-refractivity contribution in [2.24, 2.45) is 17.8 Å². The Morgan fingerprint density at radius 2 is 1.08 bits per heavy atom. The first kappa shape index (κ1) is 35.8. The molecule has 0 unspecified atom stereocenters. The van der Waals surface area contributed by atoms with Gasteiger partial charge in [0.25, 0.3) is 0 Å². The average molecular weight is 476 g/mol. The third-order valence-electron chi connectivity index (χ3n) is 1.81. The molecule has 5 heteroatoms. The molecule has 0 aromatic rings. The van der Waals surface area contributed by atoms with Gasteiger partial charge in [0.05, 0.1) is 0 Å². The van der Waals surface area contributed by atoms with E-state index in [1.165, 1.54) is 0 Å². The number of hydrogen-bond acceptors (Lipinski definition) is 0. The van der Waals surface area contributed by atoms with Crippen LogP contribution in [0.15, 0.2) is 18.2 Å². The third-order valence-corrected chi connectivity index (χ3v) is 1.81. The van der Waals surface area contributed by atoms with Crippen molar-refractivity contribution < 1.29 is 26.2 Å². The zero-order valence-corrected chi connectivity index (χ0v) is 22.3. The molecule has 1 radical (unpaired) electrons. The number of hydrogen-bond donors (Lipinski definition) is 0. The van der Waals surface area contributed by atoms with Crippen molar-refractivity contribution in [3.63, 3.8) is 0 Å². The van der Waals surface area contributed by atoms with Crippen molar-refractivity contribution in [3.8, 4) is 0 Å². The Morgan fingerprint density at radius 3 is 1.12 bits per heavy atom. The van der Waals surface area contributed by atoms with E-state index < -0.39 is 0 Å². The van der Waals surface area contributed by atoms with Crippen LogP contribution in [0.2, 0.25) is 11.5 Å². The van der Waals surface area contributed by atoms with Crippen molar-refractivity contribution in [2.75, 3.05) is 19.6 Å². The predicted molar refractivity (Wildman–Crippen MR) is 113 cm³/mol. The van der Waals surface area contributed by atoms with Gasteiger partial charge in [0, 0.05) is 0 Å². The normalized spacial score (nSPS) is 10.4. The summed E-state index contributed by atoms with van der Waals surface area (Å²) in [5.41, 5.74) is 20.0. The fraction of sp³-hybridized carbons (Fsp3) is 0.789. The van der Waals surface area contributed by atoms with E-state index in [-0.39, 0.29) is 26.2 Å². The van der Waals surface area contributed by atoms with Gasteiger partial charge in [0.15, 0.2) is 0 Å². The van der Waals surface area contributed by atoms with Crippen LogP contribution in [0.25, 0.3) is 17.2 Å². The smallest absolute Gasteiger partial charge is 4.00 e. The maximum absolute atomic E-state index is 6.66. The zero-order chi connectivity index (χ0) is 19.1. The second-order valence-corrected chi connectivity index (χ2v) is 8.80. The third kappa shape index (κ3) is 77.9. The Morgan fingerprint density at radius 1 is 0.833 bits per heavy atom. The van der Waals surface area contributed by atoms with Crippen molar-refractivity contribution in [1.29, 1.82) is 0 Å². The van der Waals surface area contributed by atoms with Gasteiger partial charge < -0.3 is 17.2 Å². The molecule has 0 aliphatic heterocycles. The number of rotatable bonds is 3. The van der Waals surface area contributed by atoms with Crippen molar-refractivity contribution in [3.05, 3.63) is 41.5 Å². The maximum atomic E-state index is 6.66. The Bertz CT molecular complexity index is 202. The summed E-state index contributed by atoms with van der Waals surface area (Å²) in [6.45, 7) is 13.9. The van der Waals surface area contributed by atoms with E-state index >= 15 is 0 Å². The zero-order valence-electron chi connectivity index (χ0n) is 17.4. The standard InChI is InChI=1S/C5H5.3C4H10N.C2H7Ge.Zr/c1-2-4-5-3-1;3*1-4(2)3-5;1-3-2;/h1-3H,4H2;3*4-5H,3H2,1-2H3;3H,1-2H3;/q4*-1;;+4. The minimum atomic E-state index is 0. The topological polar surface area (TPSA) is 71.4 Å². The van der Waals surface area contributed by atoms with Gasteiger partial charge in [-0.3, -0.25) is 6.08 Å². The van der Waals surface area contributed by atoms with Gasteiger partial charge in [-0.25, -0.2) is 12.2 Å². The monoisotopic (exact) mass is 476 g/mol. The number of nitrogens with one attached hydrogen (secondary N) is 3. The Balaban J connectivity index is -0.0000000627. The largest absolute Gasteiger partial charge is 4.00 e. The fourth-order valence-electron chi connectivity index (χ4n) is 0.340. The molecular weight excluding hydrogens is 434 g/mol. The first-order chi connectivity index (χ1) is 10.7. The maximum Gasteiger partial charge on any atom is 4.00 e. The minimum absolute atomic E-state index is 0. The van der Waals surface area contributed by atoms with Crippen LogP contribution in [0, 0.1) is 23.8 Å². The summed E-state index contributed by atoms with van der Waals surface area (Å²) in [7, 11) is 0. The Kier molecular flexibility index (Phi) is 52.2. The minimum Gasteiger partial charge on any atom is 4.00 e. The van der Waals surface area contributed by atoms with Crippen LogP contribution in [-0.4, -0.2) is 35.1 Å². The Labute approximate surface area is 179 Å². The summed E-state index contributed by atoms with van der Waals surface area (Å²) in [6.07, 6.45) is 10.0. The van der Waals surface area contributed by atoms with Gasteiger partial charge in [0.2, 0.25) is 0 Å². The van der Waals surface area contributed by atoms with E-state index in [2.05, 4.69) is 23.7 Å². The van der Waals surface area contributed by atoms with Crippen LogP contribution in [-0.2, 0) is 26.2 Å². The molecular formula is C19H42GeN3Zr. The second kappa shape index (κ2) is 35.0. The second-order valence-electron chi connectivity index (χ2n) is 6.37. The van der Waals surface area contributed by atoms with E-state index in [1.807, 2.05) is 53.7 Å². The molecule has 0 saturated heterocycles. The van der Waals surface area contributed by atoms with Gasteiger partial charge in [-0.1, -0.05) is 59.3 Å². The molecule has 24 heavy (non-hydrogen) atoms. The first-order valence-corrected chi connectivity index (χ1v) is 13.5. The molecule has 3 nitrogen and oxygen atoms in total. The molecule has 0 fully saturated rings. The van der Waals surface area contributed by atoms with Crippen LogP contribution in [0.3, 0.4) is 0 Å². The summed E-state index contributed by atoms with van der Waals surface area (Å²) in [5.74, 6) is 6.22. The van der Waals surface area contributed by atoms with Gasteiger partial charge in [-0.2, -0.15) is 6.08 Å². The summed E-state index contributed by atoms with van der Waals surface area (Å²) in [4.78, 5) is 0. The molecule has 141 valence electrons. The van der Waals surface area contributed by atoms with E-state index in [0.29, 0.717) is 52.8 Å². The Hall–Kier alpha value is 0.786. The van der Waals surface area contributed by atoms with Crippen LogP contribution in [0.1, 0.15) is 48.0 Å². The molecule has 3 N–H and O–H groups in total. The number of allylic oxidation sites excluding steroid dienone is 4. The summed E-state index contributed by atoms with van der Waals surface area (Å²) >= 11 is 0.312. The molecule has 0 saturated carbocycles. The van der Waals surface area contributed by atoms with Crippen LogP contribution >= 0.6 is 0 Å². The van der Waals surface area contributed by atoms with Crippen molar-refractivity contribution in [2.45, 2.75) is 59.5 Å². The molecule has 0 amide bonds. The molecule has 0 aromatic heterocycles. The molecule has 0 aromatic carbocycles. The summed E-state index contributed by atoms with van der Waals surface area (Å²) in [5, 5.41) is 0. The fourth-order valence-corrected chi connectivity index (χ4v) is 0.340. The van der Waals surface area contributed by atoms with E-state index in [4.69, 9.17) is 17.2 Å². The van der Waals surface area contributed by atoms with Crippen molar-refractivity contribution >= 4 is 15.4 Å². The molecule has 0 heterocycles. The van der Waals surface area contributed by atoms with Crippen LogP contribution in [0.4, 0.5) is 0 Å².